The monoisotopic (exact) mass is 518 g/mol. The quantitative estimate of drug-likeness (QED) is 0.412. The number of benzene rings is 1. The number of halogens is 3. The Morgan fingerprint density at radius 3 is 2.20 bits per heavy atom. The molecule has 1 amide bonds. The van der Waals surface area contributed by atoms with Gasteiger partial charge in [-0.1, -0.05) is 51.1 Å². The number of amides is 1. The van der Waals surface area contributed by atoms with E-state index in [4.69, 9.17) is 4.74 Å². The number of alkyl halides is 3. The molecule has 10 heteroatoms. The van der Waals surface area contributed by atoms with Crippen molar-refractivity contribution < 1.29 is 31.1 Å². The highest BCUT2D eigenvalue weighted by molar-refractivity contribution is 7.93. The lowest BCUT2D eigenvalue weighted by molar-refractivity contribution is -0.0917. The minimum absolute atomic E-state index is 0.0292. The number of carbonyl (C=O) groups excluding carboxylic acids is 1. The normalized spacial score (nSPS) is 18.0. The lowest BCUT2D eigenvalue weighted by atomic mass is 10.0. The third kappa shape index (κ3) is 7.83. The number of allylic oxidation sites excluding steroid dienone is 4. The van der Waals surface area contributed by atoms with E-state index in [9.17, 15) is 26.4 Å². The number of hydrogen-bond acceptors (Lipinski definition) is 4. The number of rotatable bonds is 4. The van der Waals surface area contributed by atoms with Crippen LogP contribution in [0.3, 0.4) is 0 Å². The van der Waals surface area contributed by atoms with E-state index in [-0.39, 0.29) is 25.7 Å². The highest BCUT2D eigenvalue weighted by Crippen LogP contribution is 2.34. The number of cyclic esters (lactones) is 1. The summed E-state index contributed by atoms with van der Waals surface area (Å²) in [6, 6.07) is 7.01. The third-order valence-electron chi connectivity index (χ3n) is 5.74. The Kier molecular flexibility index (Phi) is 12.0. The first-order valence-electron chi connectivity index (χ1n) is 11.8. The second kappa shape index (κ2) is 13.7. The van der Waals surface area contributed by atoms with Gasteiger partial charge in [-0.2, -0.15) is 17.5 Å². The van der Waals surface area contributed by atoms with E-state index in [0.29, 0.717) is 12.8 Å². The van der Waals surface area contributed by atoms with E-state index in [1.807, 2.05) is 32.9 Å². The van der Waals surface area contributed by atoms with E-state index in [2.05, 4.69) is 19.1 Å². The minimum Gasteiger partial charge on any atom is -0.444 e. The van der Waals surface area contributed by atoms with Crippen LogP contribution in [0.4, 0.5) is 23.7 Å². The molecule has 0 bridgehead atoms. The van der Waals surface area contributed by atoms with Crippen molar-refractivity contribution in [1.29, 1.82) is 0 Å². The van der Waals surface area contributed by atoms with Crippen LogP contribution in [0.5, 0.6) is 0 Å². The van der Waals surface area contributed by atoms with Crippen molar-refractivity contribution in [3.63, 3.8) is 0 Å². The number of hydrogen-bond donors (Lipinski definition) is 0. The molecule has 0 spiro atoms. The van der Waals surface area contributed by atoms with Crippen molar-refractivity contribution in [3.8, 4) is 0 Å². The lowest BCUT2D eigenvalue weighted by Gasteiger charge is -2.39. The Balaban J connectivity index is 0.000000779. The second-order valence-electron chi connectivity index (χ2n) is 7.84. The largest absolute Gasteiger partial charge is 0.444 e. The van der Waals surface area contributed by atoms with Crippen molar-refractivity contribution in [3.05, 3.63) is 52.5 Å². The highest BCUT2D eigenvalue weighted by atomic mass is 32.2. The van der Waals surface area contributed by atoms with Gasteiger partial charge in [0, 0.05) is 30.3 Å². The molecule has 35 heavy (non-hydrogen) atoms. The smallest absolute Gasteiger partial charge is 0.414 e. The van der Waals surface area contributed by atoms with Crippen LogP contribution in [0.1, 0.15) is 66.4 Å². The molecule has 198 valence electrons. The molecule has 1 aromatic rings. The summed E-state index contributed by atoms with van der Waals surface area (Å²) in [4.78, 5) is 13.1. The van der Waals surface area contributed by atoms with E-state index < -0.39 is 32.8 Å². The van der Waals surface area contributed by atoms with Crippen LogP contribution < -0.4 is 4.90 Å². The van der Waals surface area contributed by atoms with Crippen LogP contribution in [-0.4, -0.2) is 44.1 Å². The number of piperidine rings is 1. The molecule has 0 radical (unpaired) electrons. The van der Waals surface area contributed by atoms with Gasteiger partial charge in [-0.25, -0.2) is 13.2 Å². The lowest BCUT2D eigenvalue weighted by Crippen LogP contribution is -2.50. The summed E-state index contributed by atoms with van der Waals surface area (Å²) in [5.74, 6) is 0. The zero-order valence-corrected chi connectivity index (χ0v) is 22.2. The molecule has 2 heterocycles. The molecule has 0 aliphatic carbocycles. The molecule has 1 saturated heterocycles. The molecular weight excluding hydrogens is 481 g/mol. The van der Waals surface area contributed by atoms with Gasteiger partial charge in [0.15, 0.2) is 0 Å². The average molecular weight is 519 g/mol. The van der Waals surface area contributed by atoms with Crippen LogP contribution in [0, 0.1) is 0 Å². The maximum Gasteiger partial charge on any atom is 0.414 e. The minimum atomic E-state index is -4.70. The third-order valence-corrected chi connectivity index (χ3v) is 7.86. The van der Waals surface area contributed by atoms with Crippen molar-refractivity contribution in [2.45, 2.75) is 79.6 Å². The fraction of sp³-hybridized carbons (Fsp3) is 0.560. The number of ether oxygens (including phenoxy) is 1. The van der Waals surface area contributed by atoms with Crippen LogP contribution in [0.25, 0.3) is 0 Å². The van der Waals surface area contributed by atoms with Crippen molar-refractivity contribution in [1.82, 2.24) is 4.31 Å². The summed E-state index contributed by atoms with van der Waals surface area (Å²) in [5.41, 5.74) is 0.462. The molecule has 2 aliphatic rings. The summed E-state index contributed by atoms with van der Waals surface area (Å²) in [7, 11) is -4.21. The summed E-state index contributed by atoms with van der Waals surface area (Å²) in [6.07, 6.45) is 0.763. The summed E-state index contributed by atoms with van der Waals surface area (Å²) >= 11 is 0. The Hall–Kier alpha value is -2.33. The maximum absolute atomic E-state index is 12.9. The van der Waals surface area contributed by atoms with Crippen LogP contribution >= 0.6 is 0 Å². The Bertz CT molecular complexity index is 996. The van der Waals surface area contributed by atoms with Crippen LogP contribution in [0.2, 0.25) is 0 Å². The number of anilines is 1. The summed E-state index contributed by atoms with van der Waals surface area (Å²) < 4.78 is 70.1. The first kappa shape index (κ1) is 30.7. The molecule has 0 N–H and O–H groups in total. The van der Waals surface area contributed by atoms with E-state index >= 15 is 0 Å². The van der Waals surface area contributed by atoms with Gasteiger partial charge in [0.05, 0.1) is 10.6 Å². The predicted octanol–water partition coefficient (Wildman–Crippen LogP) is 6.79. The SMILES string of the molecule is C/C(=C(\C)S(=O)(=O)N1CCC(N2C(=O)OCc3ccccc32)CC1)C(F)(F)F.C/C=C\CC.CC. The van der Waals surface area contributed by atoms with Gasteiger partial charge in [0.2, 0.25) is 10.0 Å². The van der Waals surface area contributed by atoms with Crippen molar-refractivity contribution in [2.75, 3.05) is 18.0 Å². The van der Waals surface area contributed by atoms with E-state index in [0.717, 1.165) is 35.8 Å². The maximum atomic E-state index is 12.9. The van der Waals surface area contributed by atoms with Crippen molar-refractivity contribution in [2.24, 2.45) is 0 Å². The zero-order valence-electron chi connectivity index (χ0n) is 21.4. The molecule has 0 aromatic heterocycles. The number of fused-ring (bicyclic) bond motifs is 1. The Morgan fingerprint density at radius 1 is 1.14 bits per heavy atom. The standard InChI is InChI=1S/C18H21F3N2O4S.C5H10.C2H6/c1-12(18(19,20)21)13(2)28(25,26)22-9-7-15(8-10-22)23-16-6-4-3-5-14(16)11-27-17(23)24;1-3-5-4-2;1-2/h3-6,15H,7-11H2,1-2H3;3,5H,4H2,1-2H3;1-2H3/b13-12-;5-3-;. The fourth-order valence-corrected chi connectivity index (χ4v) is 5.27. The number of para-hydroxylation sites is 1. The number of sulfonamides is 1. The summed E-state index contributed by atoms with van der Waals surface area (Å²) in [5, 5.41) is 0. The molecule has 1 fully saturated rings. The van der Waals surface area contributed by atoms with Gasteiger partial charge in [-0.3, -0.25) is 4.90 Å². The first-order valence-corrected chi connectivity index (χ1v) is 13.3. The van der Waals surface area contributed by atoms with Crippen molar-refractivity contribution >= 4 is 21.8 Å². The van der Waals surface area contributed by atoms with E-state index in [1.54, 1.807) is 12.1 Å². The zero-order chi connectivity index (χ0) is 26.8. The fourth-order valence-electron chi connectivity index (χ4n) is 3.68. The van der Waals surface area contributed by atoms with Gasteiger partial charge >= 0.3 is 12.3 Å². The molecule has 0 unspecified atom stereocenters. The van der Waals surface area contributed by atoms with Gasteiger partial charge < -0.3 is 4.74 Å². The van der Waals surface area contributed by atoms with E-state index in [1.165, 1.54) is 4.90 Å². The summed E-state index contributed by atoms with van der Waals surface area (Å²) in [6.45, 7) is 10.1. The van der Waals surface area contributed by atoms with Gasteiger partial charge in [-0.15, -0.1) is 0 Å². The second-order valence-corrected chi connectivity index (χ2v) is 9.92. The molecule has 0 saturated carbocycles. The molecule has 6 nitrogen and oxygen atoms in total. The number of nitrogens with zero attached hydrogens (tertiary/aromatic N) is 2. The molecular formula is C25H37F3N2O4S. The molecule has 3 rings (SSSR count). The predicted molar refractivity (Wildman–Crippen MR) is 134 cm³/mol. The van der Waals surface area contributed by atoms with Gasteiger partial charge in [-0.05, 0) is 46.1 Å². The average Bonchev–Trinajstić information content (AvgIpc) is 2.84. The Morgan fingerprint density at radius 2 is 1.71 bits per heavy atom. The Labute approximate surface area is 207 Å². The van der Waals surface area contributed by atoms with Crippen LogP contribution in [-0.2, 0) is 21.4 Å². The number of carbonyl (C=O) groups is 1. The topological polar surface area (TPSA) is 66.9 Å². The van der Waals surface area contributed by atoms with Gasteiger partial charge in [0.1, 0.15) is 6.61 Å². The first-order chi connectivity index (χ1) is 16.4. The molecule has 2 aliphatic heterocycles. The van der Waals surface area contributed by atoms with Gasteiger partial charge in [0.25, 0.3) is 0 Å². The van der Waals surface area contributed by atoms with Crippen LogP contribution in [0.15, 0.2) is 46.9 Å². The molecule has 1 aromatic carbocycles. The highest BCUT2D eigenvalue weighted by Gasteiger charge is 2.40. The molecule has 0 atom stereocenters.